The second kappa shape index (κ2) is 13.2. The summed E-state index contributed by atoms with van der Waals surface area (Å²) >= 11 is 0. The van der Waals surface area contributed by atoms with Crippen LogP contribution >= 0.6 is 0 Å². The van der Waals surface area contributed by atoms with Gasteiger partial charge in [-0.15, -0.1) is 0 Å². The summed E-state index contributed by atoms with van der Waals surface area (Å²) in [7, 11) is 0. The molecule has 56 heavy (non-hydrogen) atoms. The third-order valence-electron chi connectivity index (χ3n) is 11.3. The van der Waals surface area contributed by atoms with Gasteiger partial charge in [-0.25, -0.2) is 0 Å². The van der Waals surface area contributed by atoms with E-state index in [2.05, 4.69) is 217 Å². The van der Waals surface area contributed by atoms with Crippen LogP contribution in [0.3, 0.4) is 0 Å². The van der Waals surface area contributed by atoms with Gasteiger partial charge in [-0.2, -0.15) is 0 Å². The first kappa shape index (κ1) is 32.0. The number of hydrogen-bond acceptors (Lipinski definition) is 2. The summed E-state index contributed by atoms with van der Waals surface area (Å²) < 4.78 is 7.15. The number of furan rings is 1. The summed E-state index contributed by atoms with van der Waals surface area (Å²) in [6, 6.07) is 76.2. The van der Waals surface area contributed by atoms with Gasteiger partial charge in [0.2, 0.25) is 0 Å². The number of para-hydroxylation sites is 2. The lowest BCUT2D eigenvalue weighted by molar-refractivity contribution is 0.671. The topological polar surface area (TPSA) is 16.4 Å². The zero-order chi connectivity index (χ0) is 37.0. The van der Waals surface area contributed by atoms with Crippen LogP contribution in [0.5, 0.6) is 0 Å². The number of anilines is 3. The number of hydrogen-bond donors (Lipinski definition) is 0. The summed E-state index contributed by atoms with van der Waals surface area (Å²) in [6.07, 6.45) is 0. The summed E-state index contributed by atoms with van der Waals surface area (Å²) in [5.74, 6) is 0. The molecule has 1 heterocycles. The van der Waals surface area contributed by atoms with E-state index in [1.165, 1.54) is 50.1 Å². The molecule has 262 valence electrons. The second-order valence-electron chi connectivity index (χ2n) is 14.4. The van der Waals surface area contributed by atoms with Gasteiger partial charge in [0.15, 0.2) is 0 Å². The quantitative estimate of drug-likeness (QED) is 0.177. The Labute approximate surface area is 326 Å². The minimum atomic E-state index is 0.897. The zero-order valence-electron chi connectivity index (χ0n) is 30.6. The molecular formula is C54H35NO. The Kier molecular flexibility index (Phi) is 7.53. The molecule has 0 saturated carbocycles. The second-order valence-corrected chi connectivity index (χ2v) is 14.4. The summed E-state index contributed by atoms with van der Waals surface area (Å²) in [5, 5.41) is 2.23. The number of benzene rings is 9. The Bertz CT molecular complexity index is 3040. The van der Waals surface area contributed by atoms with Crippen molar-refractivity contribution in [3.63, 3.8) is 0 Å². The van der Waals surface area contributed by atoms with Gasteiger partial charge in [-0.05, 0) is 98.1 Å². The molecule has 0 N–H and O–H groups in total. The fraction of sp³-hybridized carbons (Fsp3) is 0. The molecule has 2 heteroatoms. The fourth-order valence-electron chi connectivity index (χ4n) is 8.67. The molecule has 0 unspecified atom stereocenters. The average molecular weight is 714 g/mol. The highest BCUT2D eigenvalue weighted by atomic mass is 16.3. The maximum atomic E-state index is 7.15. The lowest BCUT2D eigenvalue weighted by Crippen LogP contribution is -2.09. The molecule has 2 nitrogen and oxygen atoms in total. The SMILES string of the molecule is c1ccc(-c2ccc(N(c3ccccc3)c3ccc(-c4cccc5c4oc4c6c(ccc45)-c4ccccc4-c4ccccc4-c4ccccc4-6)cc3)cc2)cc1. The maximum absolute atomic E-state index is 7.15. The monoisotopic (exact) mass is 713 g/mol. The van der Waals surface area contributed by atoms with E-state index in [1.807, 2.05) is 0 Å². The van der Waals surface area contributed by atoms with Crippen molar-refractivity contribution >= 4 is 39.0 Å². The van der Waals surface area contributed by atoms with Gasteiger partial charge in [-0.1, -0.05) is 170 Å². The Hall–Kier alpha value is -7.42. The molecule has 0 radical (unpaired) electrons. The van der Waals surface area contributed by atoms with Gasteiger partial charge >= 0.3 is 0 Å². The number of rotatable bonds is 5. The van der Waals surface area contributed by atoms with E-state index in [9.17, 15) is 0 Å². The molecule has 1 aliphatic rings. The smallest absolute Gasteiger partial charge is 0.143 e. The van der Waals surface area contributed by atoms with Crippen LogP contribution in [0.25, 0.3) is 88.7 Å². The molecule has 0 aliphatic heterocycles. The van der Waals surface area contributed by atoms with E-state index in [0.29, 0.717) is 0 Å². The van der Waals surface area contributed by atoms with Crippen LogP contribution in [0.4, 0.5) is 17.1 Å². The van der Waals surface area contributed by atoms with Crippen molar-refractivity contribution in [3.8, 4) is 66.8 Å². The minimum absolute atomic E-state index is 0.897. The molecule has 1 aliphatic carbocycles. The zero-order valence-corrected chi connectivity index (χ0v) is 30.6. The third kappa shape index (κ3) is 5.19. The van der Waals surface area contributed by atoms with Crippen molar-refractivity contribution < 1.29 is 4.42 Å². The molecule has 0 amide bonds. The summed E-state index contributed by atoms with van der Waals surface area (Å²) in [4.78, 5) is 2.31. The molecule has 11 rings (SSSR count). The van der Waals surface area contributed by atoms with Crippen molar-refractivity contribution in [1.29, 1.82) is 0 Å². The molecule has 0 fully saturated rings. The predicted molar refractivity (Wildman–Crippen MR) is 235 cm³/mol. The van der Waals surface area contributed by atoms with Gasteiger partial charge < -0.3 is 9.32 Å². The van der Waals surface area contributed by atoms with Crippen LogP contribution in [-0.2, 0) is 0 Å². The molecule has 9 aromatic carbocycles. The van der Waals surface area contributed by atoms with Gasteiger partial charge in [-0.3, -0.25) is 0 Å². The molecule has 1 aromatic heterocycles. The van der Waals surface area contributed by atoms with Gasteiger partial charge in [0, 0.05) is 39.0 Å². The van der Waals surface area contributed by atoms with Crippen molar-refractivity contribution in [2.75, 3.05) is 4.90 Å². The highest BCUT2D eigenvalue weighted by molar-refractivity contribution is 6.18. The highest BCUT2D eigenvalue weighted by Crippen LogP contribution is 2.51. The highest BCUT2D eigenvalue weighted by Gasteiger charge is 2.26. The van der Waals surface area contributed by atoms with Gasteiger partial charge in [0.1, 0.15) is 11.2 Å². The van der Waals surface area contributed by atoms with Gasteiger partial charge in [0.25, 0.3) is 0 Å². The van der Waals surface area contributed by atoms with Crippen LogP contribution in [0.2, 0.25) is 0 Å². The molecule has 0 saturated heterocycles. The molecule has 10 aromatic rings. The molecule has 0 bridgehead atoms. The number of nitrogens with zero attached hydrogens (tertiary/aromatic N) is 1. The lowest BCUT2D eigenvalue weighted by atomic mass is 9.80. The standard InChI is InChI=1S/C54H35NO/c1-3-14-36(15-4-1)37-26-30-40(31-27-37)55(39-16-5-2-6-17-39)41-32-28-38(29-33-41)42-24-13-25-50-51-35-34-49-47-22-10-9-20-45(47)43-18-7-8-19-44(43)46-21-11-12-23-48(46)52(49)54(51)56-53(42)50/h1-35H. The fourth-order valence-corrected chi connectivity index (χ4v) is 8.67. The Morgan fingerprint density at radius 3 is 1.29 bits per heavy atom. The van der Waals surface area contributed by atoms with Crippen molar-refractivity contribution in [2.24, 2.45) is 0 Å². The number of fused-ring (bicyclic) bond motifs is 12. The van der Waals surface area contributed by atoms with Crippen molar-refractivity contribution in [3.05, 3.63) is 212 Å². The van der Waals surface area contributed by atoms with E-state index in [1.54, 1.807) is 0 Å². The largest absolute Gasteiger partial charge is 0.455 e. The van der Waals surface area contributed by atoms with Crippen LogP contribution in [0, 0.1) is 0 Å². The Balaban J connectivity index is 1.05. The van der Waals surface area contributed by atoms with E-state index in [-0.39, 0.29) is 0 Å². The van der Waals surface area contributed by atoms with Crippen molar-refractivity contribution in [1.82, 2.24) is 0 Å². The lowest BCUT2D eigenvalue weighted by Gasteiger charge is -2.26. The van der Waals surface area contributed by atoms with E-state index in [4.69, 9.17) is 4.42 Å². The predicted octanol–water partition coefficient (Wildman–Crippen LogP) is 15.4. The van der Waals surface area contributed by atoms with Crippen LogP contribution in [-0.4, -0.2) is 0 Å². The minimum Gasteiger partial charge on any atom is -0.455 e. The molecular weight excluding hydrogens is 679 g/mol. The van der Waals surface area contributed by atoms with Crippen LogP contribution in [0.15, 0.2) is 217 Å². The normalized spacial score (nSPS) is 11.6. The first-order valence-electron chi connectivity index (χ1n) is 19.2. The Morgan fingerprint density at radius 1 is 0.250 bits per heavy atom. The first-order valence-corrected chi connectivity index (χ1v) is 19.2. The van der Waals surface area contributed by atoms with Gasteiger partial charge in [0.05, 0.1) is 0 Å². The van der Waals surface area contributed by atoms with E-state index in [0.717, 1.165) is 55.7 Å². The summed E-state index contributed by atoms with van der Waals surface area (Å²) in [5.41, 5.74) is 19.3. The van der Waals surface area contributed by atoms with Crippen LogP contribution in [0.1, 0.15) is 0 Å². The first-order chi connectivity index (χ1) is 27.8. The summed E-state index contributed by atoms with van der Waals surface area (Å²) in [6.45, 7) is 0. The van der Waals surface area contributed by atoms with Crippen LogP contribution < -0.4 is 4.90 Å². The average Bonchev–Trinajstić information content (AvgIpc) is 3.66. The third-order valence-corrected chi connectivity index (χ3v) is 11.3. The Morgan fingerprint density at radius 2 is 0.679 bits per heavy atom. The van der Waals surface area contributed by atoms with E-state index >= 15 is 0 Å². The maximum Gasteiger partial charge on any atom is 0.143 e. The van der Waals surface area contributed by atoms with Crippen molar-refractivity contribution in [2.45, 2.75) is 0 Å². The molecule has 0 atom stereocenters. The van der Waals surface area contributed by atoms with E-state index < -0.39 is 0 Å². The molecule has 0 spiro atoms.